The summed E-state index contributed by atoms with van der Waals surface area (Å²) in [5, 5.41) is 9.34. The summed E-state index contributed by atoms with van der Waals surface area (Å²) in [6.07, 6.45) is 3.84. The molecule has 0 saturated carbocycles. The number of hydrogen-bond donors (Lipinski definition) is 1. The second-order valence-electron chi connectivity index (χ2n) is 5.71. The van der Waals surface area contributed by atoms with Crippen molar-refractivity contribution < 1.29 is 14.6 Å². The van der Waals surface area contributed by atoms with Gasteiger partial charge in [0.2, 0.25) is 0 Å². The van der Waals surface area contributed by atoms with Crippen LogP contribution in [0.1, 0.15) is 54.1 Å². The van der Waals surface area contributed by atoms with Crippen LogP contribution in [0.3, 0.4) is 0 Å². The van der Waals surface area contributed by atoms with E-state index in [0.29, 0.717) is 11.8 Å². The van der Waals surface area contributed by atoms with Crippen LogP contribution in [0, 0.1) is 5.92 Å². The van der Waals surface area contributed by atoms with Crippen molar-refractivity contribution in [2.45, 2.75) is 45.1 Å². The van der Waals surface area contributed by atoms with Crippen LogP contribution in [0.15, 0.2) is 0 Å². The maximum Gasteiger partial charge on any atom is 0.356 e. The van der Waals surface area contributed by atoms with Gasteiger partial charge < -0.3 is 14.4 Å². The van der Waals surface area contributed by atoms with E-state index in [0.717, 1.165) is 57.0 Å². The molecule has 0 spiro atoms. The number of carboxylic acids is 1. The SMILES string of the molecule is CC1CCn2c(C3CCOCC3)nc(C(=O)O)c2C1. The zero-order chi connectivity index (χ0) is 13.4. The first kappa shape index (κ1) is 12.7. The Hall–Kier alpha value is -1.36. The third kappa shape index (κ3) is 2.27. The van der Waals surface area contributed by atoms with Gasteiger partial charge in [0.25, 0.3) is 0 Å². The normalized spacial score (nSPS) is 24.2. The molecule has 5 heteroatoms. The maximum atomic E-state index is 11.4. The molecule has 0 aromatic carbocycles. The van der Waals surface area contributed by atoms with Gasteiger partial charge in [0, 0.05) is 25.7 Å². The molecule has 0 bridgehead atoms. The van der Waals surface area contributed by atoms with Gasteiger partial charge in [0.15, 0.2) is 5.69 Å². The minimum Gasteiger partial charge on any atom is -0.476 e. The van der Waals surface area contributed by atoms with E-state index in [1.165, 1.54) is 0 Å². The molecule has 19 heavy (non-hydrogen) atoms. The standard InChI is InChI=1S/C14H20N2O3/c1-9-2-5-16-11(8-9)12(14(17)18)15-13(16)10-3-6-19-7-4-10/h9-10H,2-8H2,1H3,(H,17,18). The Morgan fingerprint density at radius 1 is 1.37 bits per heavy atom. The third-order valence-electron chi connectivity index (χ3n) is 4.28. The van der Waals surface area contributed by atoms with Crippen LogP contribution in [0.4, 0.5) is 0 Å². The summed E-state index contributed by atoms with van der Waals surface area (Å²) in [7, 11) is 0. The van der Waals surface area contributed by atoms with Gasteiger partial charge in [-0.25, -0.2) is 9.78 Å². The minimum absolute atomic E-state index is 0.271. The Morgan fingerprint density at radius 3 is 2.79 bits per heavy atom. The summed E-state index contributed by atoms with van der Waals surface area (Å²) < 4.78 is 7.55. The molecule has 3 rings (SSSR count). The second kappa shape index (κ2) is 4.96. The molecule has 0 aliphatic carbocycles. The van der Waals surface area contributed by atoms with E-state index in [1.54, 1.807) is 0 Å². The molecule has 1 N–H and O–H groups in total. The number of imidazole rings is 1. The largest absolute Gasteiger partial charge is 0.476 e. The average molecular weight is 264 g/mol. The van der Waals surface area contributed by atoms with E-state index in [4.69, 9.17) is 4.74 Å². The topological polar surface area (TPSA) is 64.4 Å². The molecule has 104 valence electrons. The highest BCUT2D eigenvalue weighted by Gasteiger charge is 2.30. The zero-order valence-electron chi connectivity index (χ0n) is 11.3. The first-order valence-corrected chi connectivity index (χ1v) is 7.07. The summed E-state index contributed by atoms with van der Waals surface area (Å²) in [5.74, 6) is 0.984. The van der Waals surface area contributed by atoms with E-state index < -0.39 is 5.97 Å². The Morgan fingerprint density at radius 2 is 2.11 bits per heavy atom. The smallest absolute Gasteiger partial charge is 0.356 e. The Balaban J connectivity index is 2.00. The minimum atomic E-state index is -0.892. The summed E-state index contributed by atoms with van der Waals surface area (Å²) in [4.78, 5) is 15.8. The molecule has 2 aliphatic rings. The fraction of sp³-hybridized carbons (Fsp3) is 0.714. The lowest BCUT2D eigenvalue weighted by molar-refractivity contribution is 0.0688. The number of carbonyl (C=O) groups is 1. The van der Waals surface area contributed by atoms with Crippen LogP contribution in [0.25, 0.3) is 0 Å². The number of aromatic nitrogens is 2. The van der Waals surface area contributed by atoms with Gasteiger partial charge in [-0.05, 0) is 31.6 Å². The highest BCUT2D eigenvalue weighted by atomic mass is 16.5. The van der Waals surface area contributed by atoms with Crippen molar-refractivity contribution >= 4 is 5.97 Å². The van der Waals surface area contributed by atoms with Crippen molar-refractivity contribution in [1.29, 1.82) is 0 Å². The number of carboxylic acid groups (broad SMARTS) is 1. The predicted molar refractivity (Wildman–Crippen MR) is 69.5 cm³/mol. The van der Waals surface area contributed by atoms with Crippen LogP contribution in [-0.4, -0.2) is 33.8 Å². The lowest BCUT2D eigenvalue weighted by atomic mass is 9.95. The lowest BCUT2D eigenvalue weighted by Crippen LogP contribution is -2.23. The Labute approximate surface area is 112 Å². The van der Waals surface area contributed by atoms with Gasteiger partial charge in [-0.1, -0.05) is 6.92 Å². The van der Waals surface area contributed by atoms with Crippen molar-refractivity contribution in [2.24, 2.45) is 5.92 Å². The van der Waals surface area contributed by atoms with E-state index in [-0.39, 0.29) is 5.69 Å². The summed E-state index contributed by atoms with van der Waals surface area (Å²) in [6, 6.07) is 0. The Kier molecular flexibility index (Phi) is 3.31. The van der Waals surface area contributed by atoms with Gasteiger partial charge in [0.1, 0.15) is 5.82 Å². The van der Waals surface area contributed by atoms with Crippen molar-refractivity contribution in [3.8, 4) is 0 Å². The fourth-order valence-corrected chi connectivity index (χ4v) is 3.18. The maximum absolute atomic E-state index is 11.4. The molecule has 5 nitrogen and oxygen atoms in total. The van der Waals surface area contributed by atoms with Crippen LogP contribution >= 0.6 is 0 Å². The van der Waals surface area contributed by atoms with Crippen molar-refractivity contribution in [1.82, 2.24) is 9.55 Å². The number of ether oxygens (including phenoxy) is 1. The highest BCUT2D eigenvalue weighted by molar-refractivity contribution is 5.87. The average Bonchev–Trinajstić information content (AvgIpc) is 2.78. The fourth-order valence-electron chi connectivity index (χ4n) is 3.18. The molecule has 1 atom stereocenters. The van der Waals surface area contributed by atoms with Gasteiger partial charge in [-0.2, -0.15) is 0 Å². The molecule has 1 aromatic rings. The van der Waals surface area contributed by atoms with Crippen molar-refractivity contribution in [2.75, 3.05) is 13.2 Å². The van der Waals surface area contributed by atoms with E-state index >= 15 is 0 Å². The van der Waals surface area contributed by atoms with Crippen LogP contribution in [0.2, 0.25) is 0 Å². The molecule has 3 heterocycles. The molecule has 1 aromatic heterocycles. The van der Waals surface area contributed by atoms with E-state index in [2.05, 4.69) is 16.5 Å². The van der Waals surface area contributed by atoms with Crippen molar-refractivity contribution in [3.05, 3.63) is 17.2 Å². The second-order valence-corrected chi connectivity index (χ2v) is 5.71. The molecule has 1 unspecified atom stereocenters. The summed E-state index contributed by atoms with van der Waals surface area (Å²) >= 11 is 0. The van der Waals surface area contributed by atoms with Crippen LogP contribution in [-0.2, 0) is 17.7 Å². The lowest BCUT2D eigenvalue weighted by Gasteiger charge is -2.26. The molecule has 2 aliphatic heterocycles. The Bertz CT molecular complexity index is 489. The number of hydrogen-bond acceptors (Lipinski definition) is 3. The molecule has 0 amide bonds. The van der Waals surface area contributed by atoms with E-state index in [9.17, 15) is 9.90 Å². The molecular weight excluding hydrogens is 244 g/mol. The molecular formula is C14H20N2O3. The zero-order valence-corrected chi connectivity index (χ0v) is 11.3. The van der Waals surface area contributed by atoms with Gasteiger partial charge in [-0.3, -0.25) is 0 Å². The van der Waals surface area contributed by atoms with Gasteiger partial charge in [-0.15, -0.1) is 0 Å². The summed E-state index contributed by atoms with van der Waals surface area (Å²) in [6.45, 7) is 4.59. The number of aromatic carboxylic acids is 1. The van der Waals surface area contributed by atoms with Gasteiger partial charge in [0.05, 0.1) is 5.69 Å². The summed E-state index contributed by atoms with van der Waals surface area (Å²) in [5.41, 5.74) is 1.20. The molecule has 0 radical (unpaired) electrons. The first-order chi connectivity index (χ1) is 9.16. The molecule has 1 saturated heterocycles. The van der Waals surface area contributed by atoms with Crippen molar-refractivity contribution in [3.63, 3.8) is 0 Å². The number of nitrogens with zero attached hydrogens (tertiary/aromatic N) is 2. The number of rotatable bonds is 2. The number of fused-ring (bicyclic) bond motifs is 1. The molecule has 1 fully saturated rings. The monoisotopic (exact) mass is 264 g/mol. The van der Waals surface area contributed by atoms with Gasteiger partial charge >= 0.3 is 5.97 Å². The quantitative estimate of drug-likeness (QED) is 0.888. The van der Waals surface area contributed by atoms with Crippen LogP contribution < -0.4 is 0 Å². The van der Waals surface area contributed by atoms with E-state index in [1.807, 2.05) is 0 Å². The van der Waals surface area contributed by atoms with Crippen LogP contribution in [0.5, 0.6) is 0 Å². The first-order valence-electron chi connectivity index (χ1n) is 7.07. The highest BCUT2D eigenvalue weighted by Crippen LogP contribution is 2.32. The predicted octanol–water partition coefficient (Wildman–Crippen LogP) is 2.06. The third-order valence-corrected chi connectivity index (χ3v) is 4.28.